The van der Waals surface area contributed by atoms with Crippen molar-refractivity contribution in [3.8, 4) is 23.8 Å². The Hall–Kier alpha value is -3.08. The van der Waals surface area contributed by atoms with Crippen molar-refractivity contribution in [1.82, 2.24) is 0 Å². The van der Waals surface area contributed by atoms with Gasteiger partial charge in [0.1, 0.15) is 17.3 Å². The molecule has 0 saturated heterocycles. The van der Waals surface area contributed by atoms with Gasteiger partial charge in [0, 0.05) is 36.7 Å². The second kappa shape index (κ2) is 10.9. The van der Waals surface area contributed by atoms with Crippen LogP contribution in [0, 0.1) is 39.7 Å². The normalized spacial score (nSPS) is 22.3. The van der Waals surface area contributed by atoms with Crippen molar-refractivity contribution < 1.29 is 29.4 Å². The molecule has 0 radical (unpaired) electrons. The molecule has 36 heavy (non-hydrogen) atoms. The van der Waals surface area contributed by atoms with Gasteiger partial charge in [-0.05, 0) is 60.1 Å². The Balaban J connectivity index is 1.91. The largest absolute Gasteiger partial charge is 0.508 e. The van der Waals surface area contributed by atoms with Crippen molar-refractivity contribution in [3.05, 3.63) is 33.4 Å². The number of esters is 1. The van der Waals surface area contributed by atoms with Crippen LogP contribution in [0.3, 0.4) is 0 Å². The molecule has 1 aromatic rings. The summed E-state index contributed by atoms with van der Waals surface area (Å²) in [6.45, 7) is 8.10. The van der Waals surface area contributed by atoms with E-state index in [0.29, 0.717) is 18.4 Å². The number of hydrogen-bond donors (Lipinski definition) is 1. The molecule has 196 valence electrons. The number of phenols is 1. The minimum absolute atomic E-state index is 0.0302. The molecule has 8 heteroatoms. The molecule has 0 amide bonds. The number of carbonyl (C=O) groups is 2. The molecule has 0 unspecified atom stereocenters. The quantitative estimate of drug-likeness (QED) is 0.101. The molecule has 2 bridgehead atoms. The summed E-state index contributed by atoms with van der Waals surface area (Å²) in [6.07, 6.45) is 9.85. The number of unbranched alkanes of at least 4 members (excludes halogenated alkanes) is 2. The Bertz CT molecular complexity index is 1050. The Morgan fingerprint density at radius 3 is 2.64 bits per heavy atom. The highest BCUT2D eigenvalue weighted by molar-refractivity contribution is 5.86. The molecule has 0 spiro atoms. The second-order valence-corrected chi connectivity index (χ2v) is 11.3. The number of ether oxygens (including phenoxy) is 1. The Labute approximate surface area is 212 Å². The SMILES string of the molecule is C#CCCCCC(C)(C)c1cc(O)c([C@H]2CC(=O)[C@H]3C[C@H]2C3(C)C)c(OC(=O)CCCO[N+](=O)[O-])c1. The first-order chi connectivity index (χ1) is 16.9. The van der Waals surface area contributed by atoms with E-state index in [1.165, 1.54) is 0 Å². The van der Waals surface area contributed by atoms with E-state index in [-0.39, 0.29) is 65.3 Å². The minimum atomic E-state index is -0.898. The topological polar surface area (TPSA) is 116 Å². The summed E-state index contributed by atoms with van der Waals surface area (Å²) >= 11 is 0. The molecule has 1 N–H and O–H groups in total. The van der Waals surface area contributed by atoms with Crippen LogP contribution < -0.4 is 4.74 Å². The van der Waals surface area contributed by atoms with E-state index in [0.717, 1.165) is 31.2 Å². The first-order valence-corrected chi connectivity index (χ1v) is 12.7. The first-order valence-electron chi connectivity index (χ1n) is 12.7. The van der Waals surface area contributed by atoms with Gasteiger partial charge in [-0.3, -0.25) is 9.59 Å². The summed E-state index contributed by atoms with van der Waals surface area (Å²) in [6, 6.07) is 3.55. The van der Waals surface area contributed by atoms with E-state index in [2.05, 4.69) is 38.5 Å². The molecule has 3 fully saturated rings. The van der Waals surface area contributed by atoms with Crippen LogP contribution in [0.4, 0.5) is 0 Å². The lowest BCUT2D eigenvalue weighted by molar-refractivity contribution is -0.757. The molecule has 0 aliphatic heterocycles. The summed E-state index contributed by atoms with van der Waals surface area (Å²) in [5, 5.41) is 20.7. The predicted octanol–water partition coefficient (Wildman–Crippen LogP) is 5.48. The molecule has 3 atom stereocenters. The third-order valence-electron chi connectivity index (χ3n) is 8.23. The third-order valence-corrected chi connectivity index (χ3v) is 8.23. The van der Waals surface area contributed by atoms with Crippen molar-refractivity contribution >= 4 is 11.8 Å². The van der Waals surface area contributed by atoms with Crippen molar-refractivity contribution in [2.75, 3.05) is 6.61 Å². The average molecular weight is 500 g/mol. The van der Waals surface area contributed by atoms with Crippen molar-refractivity contribution in [2.45, 2.75) is 90.4 Å². The highest BCUT2D eigenvalue weighted by Gasteiger charge is 2.59. The van der Waals surface area contributed by atoms with Gasteiger partial charge in [0.2, 0.25) is 0 Å². The molecule has 0 aromatic heterocycles. The lowest BCUT2D eigenvalue weighted by atomic mass is 9.44. The number of carbonyl (C=O) groups excluding carboxylic acids is 2. The van der Waals surface area contributed by atoms with Crippen molar-refractivity contribution in [2.24, 2.45) is 17.3 Å². The van der Waals surface area contributed by atoms with Crippen molar-refractivity contribution in [3.63, 3.8) is 0 Å². The van der Waals surface area contributed by atoms with Gasteiger partial charge in [-0.25, -0.2) is 0 Å². The van der Waals surface area contributed by atoms with Crippen LogP contribution in [0.15, 0.2) is 12.1 Å². The maximum absolute atomic E-state index is 12.8. The fourth-order valence-electron chi connectivity index (χ4n) is 5.92. The van der Waals surface area contributed by atoms with Gasteiger partial charge in [0.05, 0.1) is 6.61 Å². The standard InChI is InChI=1S/C28H37NO7/c1-6-7-8-9-12-27(2,3)18-14-23(31)26(19-16-22(30)21-17-20(19)28(21,4)5)24(15-18)36-25(32)11-10-13-35-29(33)34/h1,14-15,19-21,31H,7-13,16-17H2,2-5H3/t19-,20+,21+/m0/s1. The van der Waals surface area contributed by atoms with Crippen LogP contribution >= 0.6 is 0 Å². The molecule has 3 aliphatic rings. The maximum atomic E-state index is 12.8. The zero-order valence-corrected chi connectivity index (χ0v) is 21.7. The third kappa shape index (κ3) is 5.83. The number of terminal acetylenes is 1. The van der Waals surface area contributed by atoms with Crippen LogP contribution in [0.25, 0.3) is 0 Å². The number of nitrogens with zero attached hydrogens (tertiary/aromatic N) is 1. The highest BCUT2D eigenvalue weighted by Crippen LogP contribution is 2.64. The number of rotatable bonds is 12. The number of phenolic OH excluding ortho intramolecular Hbond substituents is 1. The molecule has 4 rings (SSSR count). The van der Waals surface area contributed by atoms with Gasteiger partial charge in [-0.2, -0.15) is 0 Å². The molecule has 8 nitrogen and oxygen atoms in total. The summed E-state index contributed by atoms with van der Waals surface area (Å²) in [5.74, 6) is 2.54. The first kappa shape index (κ1) is 27.5. The Kier molecular flexibility index (Phi) is 8.33. The second-order valence-electron chi connectivity index (χ2n) is 11.3. The molecular formula is C28H37NO7. The monoisotopic (exact) mass is 499 g/mol. The Morgan fingerprint density at radius 2 is 2.03 bits per heavy atom. The van der Waals surface area contributed by atoms with E-state index in [1.54, 1.807) is 6.07 Å². The highest BCUT2D eigenvalue weighted by atomic mass is 16.9. The molecule has 0 heterocycles. The minimum Gasteiger partial charge on any atom is -0.508 e. The van der Waals surface area contributed by atoms with Crippen LogP contribution in [0.2, 0.25) is 0 Å². The summed E-state index contributed by atoms with van der Waals surface area (Å²) in [5.41, 5.74) is 0.843. The zero-order valence-electron chi connectivity index (χ0n) is 21.7. The number of ketones is 1. The van der Waals surface area contributed by atoms with Gasteiger partial charge >= 0.3 is 5.97 Å². The van der Waals surface area contributed by atoms with Crippen LogP contribution in [-0.4, -0.2) is 28.6 Å². The van der Waals surface area contributed by atoms with E-state index in [4.69, 9.17) is 11.2 Å². The number of hydrogen-bond acceptors (Lipinski definition) is 7. The average Bonchev–Trinajstić information content (AvgIpc) is 2.78. The van der Waals surface area contributed by atoms with E-state index in [9.17, 15) is 24.8 Å². The van der Waals surface area contributed by atoms with Crippen LogP contribution in [-0.2, 0) is 19.8 Å². The molecular weight excluding hydrogens is 462 g/mol. The zero-order chi connectivity index (χ0) is 26.7. The van der Waals surface area contributed by atoms with Crippen molar-refractivity contribution in [1.29, 1.82) is 0 Å². The number of fused-ring (bicyclic) bond motifs is 2. The number of benzene rings is 1. The van der Waals surface area contributed by atoms with Crippen LogP contribution in [0.1, 0.15) is 96.1 Å². The summed E-state index contributed by atoms with van der Waals surface area (Å²) in [4.78, 5) is 40.1. The van der Waals surface area contributed by atoms with E-state index < -0.39 is 11.1 Å². The lowest BCUT2D eigenvalue weighted by Gasteiger charge is -2.59. The van der Waals surface area contributed by atoms with Crippen LogP contribution in [0.5, 0.6) is 11.5 Å². The predicted molar refractivity (Wildman–Crippen MR) is 134 cm³/mol. The molecule has 3 saturated carbocycles. The lowest BCUT2D eigenvalue weighted by Crippen LogP contribution is -2.56. The summed E-state index contributed by atoms with van der Waals surface area (Å²) in [7, 11) is 0. The van der Waals surface area contributed by atoms with Gasteiger partial charge in [0.15, 0.2) is 0 Å². The van der Waals surface area contributed by atoms with Gasteiger partial charge in [0.25, 0.3) is 5.09 Å². The number of aromatic hydroxyl groups is 1. The van der Waals surface area contributed by atoms with Gasteiger partial charge in [-0.1, -0.05) is 34.1 Å². The fraction of sp³-hybridized carbons (Fsp3) is 0.643. The fourth-order valence-corrected chi connectivity index (χ4v) is 5.92. The van der Waals surface area contributed by atoms with Gasteiger partial charge < -0.3 is 14.7 Å². The van der Waals surface area contributed by atoms with E-state index >= 15 is 0 Å². The Morgan fingerprint density at radius 1 is 1.31 bits per heavy atom. The molecule has 3 aliphatic carbocycles. The van der Waals surface area contributed by atoms with Gasteiger partial charge in [-0.15, -0.1) is 22.5 Å². The smallest absolute Gasteiger partial charge is 0.311 e. The van der Waals surface area contributed by atoms with E-state index in [1.807, 2.05) is 6.07 Å². The maximum Gasteiger partial charge on any atom is 0.311 e. The molecule has 1 aromatic carbocycles. The number of Topliss-reactive ketones (excluding diaryl/α,β-unsaturated/α-hetero) is 1. The summed E-state index contributed by atoms with van der Waals surface area (Å²) < 4.78 is 5.77.